The van der Waals surface area contributed by atoms with Crippen LogP contribution in [0.3, 0.4) is 0 Å². The largest absolute Gasteiger partial charge is 0.383 e. The maximum Gasteiger partial charge on any atom is 0.223 e. The molecule has 0 aromatic heterocycles. The first-order valence-corrected chi connectivity index (χ1v) is 8.35. The summed E-state index contributed by atoms with van der Waals surface area (Å²) in [5, 5.41) is 0. The summed E-state index contributed by atoms with van der Waals surface area (Å²) < 4.78 is 18.9. The van der Waals surface area contributed by atoms with E-state index in [1.54, 1.807) is 19.2 Å². The lowest BCUT2D eigenvalue weighted by molar-refractivity contribution is -0.131. The van der Waals surface area contributed by atoms with Crippen LogP contribution in [-0.4, -0.2) is 62.1 Å². The summed E-state index contributed by atoms with van der Waals surface area (Å²) in [4.78, 5) is 16.8. The third kappa shape index (κ3) is 5.29. The lowest BCUT2D eigenvalue weighted by Gasteiger charge is -2.23. The number of ether oxygens (including phenoxy) is 1. The highest BCUT2D eigenvalue weighted by Gasteiger charge is 2.22. The van der Waals surface area contributed by atoms with Crippen LogP contribution in [0.4, 0.5) is 4.39 Å². The molecule has 0 saturated carbocycles. The lowest BCUT2D eigenvalue weighted by atomic mass is 9.96. The molecule has 128 valence electrons. The van der Waals surface area contributed by atoms with Crippen LogP contribution in [0.25, 0.3) is 0 Å². The first-order chi connectivity index (χ1) is 11.1. The topological polar surface area (TPSA) is 32.8 Å². The fourth-order valence-corrected chi connectivity index (χ4v) is 3.04. The van der Waals surface area contributed by atoms with Gasteiger partial charge in [0.15, 0.2) is 0 Å². The summed E-state index contributed by atoms with van der Waals surface area (Å²) in [6.45, 7) is 6.94. The van der Waals surface area contributed by atoms with E-state index in [1.165, 1.54) is 6.07 Å². The number of methoxy groups -OCH3 is 1. The van der Waals surface area contributed by atoms with Gasteiger partial charge < -0.3 is 9.64 Å². The average Bonchev–Trinajstić information content (AvgIpc) is 2.78. The van der Waals surface area contributed by atoms with Crippen molar-refractivity contribution in [1.29, 1.82) is 0 Å². The molecule has 0 radical (unpaired) electrons. The van der Waals surface area contributed by atoms with Gasteiger partial charge in [0.05, 0.1) is 6.61 Å². The van der Waals surface area contributed by atoms with Crippen molar-refractivity contribution >= 4 is 5.91 Å². The van der Waals surface area contributed by atoms with Crippen molar-refractivity contribution in [1.82, 2.24) is 9.80 Å². The molecule has 1 aromatic carbocycles. The van der Waals surface area contributed by atoms with Crippen molar-refractivity contribution in [3.8, 4) is 0 Å². The van der Waals surface area contributed by atoms with E-state index in [-0.39, 0.29) is 17.6 Å². The highest BCUT2D eigenvalue weighted by Crippen LogP contribution is 2.23. The molecule has 0 aliphatic carbocycles. The summed E-state index contributed by atoms with van der Waals surface area (Å²) in [5.41, 5.74) is 0.623. The van der Waals surface area contributed by atoms with Gasteiger partial charge in [-0.1, -0.05) is 25.1 Å². The van der Waals surface area contributed by atoms with Crippen molar-refractivity contribution in [3.63, 3.8) is 0 Å². The third-order valence-corrected chi connectivity index (χ3v) is 4.47. The van der Waals surface area contributed by atoms with Gasteiger partial charge >= 0.3 is 0 Å². The summed E-state index contributed by atoms with van der Waals surface area (Å²) >= 11 is 0. The van der Waals surface area contributed by atoms with E-state index in [0.29, 0.717) is 12.0 Å². The number of rotatable bonds is 6. The quantitative estimate of drug-likeness (QED) is 0.807. The summed E-state index contributed by atoms with van der Waals surface area (Å²) in [6, 6.07) is 6.72. The summed E-state index contributed by atoms with van der Waals surface area (Å²) in [6.07, 6.45) is 1.34. The zero-order chi connectivity index (χ0) is 16.7. The second-order valence-electron chi connectivity index (χ2n) is 6.20. The normalized spacial score (nSPS) is 17.8. The van der Waals surface area contributed by atoms with E-state index >= 15 is 0 Å². The molecule has 1 atom stereocenters. The minimum Gasteiger partial charge on any atom is -0.383 e. The molecule has 1 heterocycles. The van der Waals surface area contributed by atoms with Gasteiger partial charge in [-0.05, 0) is 30.5 Å². The van der Waals surface area contributed by atoms with Gasteiger partial charge in [-0.15, -0.1) is 0 Å². The fourth-order valence-electron chi connectivity index (χ4n) is 3.04. The highest BCUT2D eigenvalue weighted by molar-refractivity contribution is 5.77. The van der Waals surface area contributed by atoms with E-state index in [9.17, 15) is 9.18 Å². The molecule has 2 rings (SSSR count). The molecule has 1 amide bonds. The smallest absolute Gasteiger partial charge is 0.223 e. The van der Waals surface area contributed by atoms with Crippen LogP contribution < -0.4 is 0 Å². The fraction of sp³-hybridized carbons (Fsp3) is 0.611. The predicted molar refractivity (Wildman–Crippen MR) is 88.9 cm³/mol. The second-order valence-corrected chi connectivity index (χ2v) is 6.20. The van der Waals surface area contributed by atoms with Crippen molar-refractivity contribution in [2.75, 3.05) is 46.4 Å². The van der Waals surface area contributed by atoms with Gasteiger partial charge in [-0.3, -0.25) is 9.69 Å². The van der Waals surface area contributed by atoms with Crippen molar-refractivity contribution < 1.29 is 13.9 Å². The van der Waals surface area contributed by atoms with Gasteiger partial charge in [-0.25, -0.2) is 4.39 Å². The minimum absolute atomic E-state index is 0.100. The molecule has 1 fully saturated rings. The number of nitrogens with zero attached hydrogens (tertiary/aromatic N) is 2. The van der Waals surface area contributed by atoms with Gasteiger partial charge in [0.25, 0.3) is 0 Å². The van der Waals surface area contributed by atoms with Crippen LogP contribution in [0.5, 0.6) is 0 Å². The zero-order valence-electron chi connectivity index (χ0n) is 14.1. The van der Waals surface area contributed by atoms with Gasteiger partial charge in [-0.2, -0.15) is 0 Å². The van der Waals surface area contributed by atoms with E-state index < -0.39 is 0 Å². The number of carbonyl (C=O) groups excluding carboxylic acids is 1. The molecule has 1 aliphatic rings. The molecule has 0 N–H and O–H groups in total. The summed E-state index contributed by atoms with van der Waals surface area (Å²) in [5.74, 6) is -0.208. The average molecular weight is 322 g/mol. The Bertz CT molecular complexity index is 510. The number of hydrogen-bond acceptors (Lipinski definition) is 3. The Labute approximate surface area is 138 Å². The van der Waals surface area contributed by atoms with E-state index in [2.05, 4.69) is 4.90 Å². The van der Waals surface area contributed by atoms with Crippen LogP contribution >= 0.6 is 0 Å². The second kappa shape index (κ2) is 8.99. The van der Waals surface area contributed by atoms with Crippen molar-refractivity contribution in [3.05, 3.63) is 35.6 Å². The number of hydrogen-bond donors (Lipinski definition) is 0. The first-order valence-electron chi connectivity index (χ1n) is 8.35. The zero-order valence-corrected chi connectivity index (χ0v) is 14.1. The Morgan fingerprint density at radius 2 is 2.04 bits per heavy atom. The Kier molecular flexibility index (Phi) is 6.99. The molecular weight excluding hydrogens is 295 g/mol. The molecule has 23 heavy (non-hydrogen) atoms. The van der Waals surface area contributed by atoms with Crippen molar-refractivity contribution in [2.45, 2.75) is 25.7 Å². The molecule has 4 nitrogen and oxygen atoms in total. The first kappa shape index (κ1) is 17.9. The third-order valence-electron chi connectivity index (χ3n) is 4.47. The number of amides is 1. The van der Waals surface area contributed by atoms with Crippen LogP contribution in [0, 0.1) is 5.82 Å². The number of carbonyl (C=O) groups is 1. The maximum atomic E-state index is 13.8. The molecular formula is C18H27FN2O2. The van der Waals surface area contributed by atoms with E-state index in [1.807, 2.05) is 17.9 Å². The van der Waals surface area contributed by atoms with Crippen LogP contribution in [0.1, 0.15) is 31.2 Å². The van der Waals surface area contributed by atoms with Crippen molar-refractivity contribution in [2.24, 2.45) is 0 Å². The number of benzene rings is 1. The van der Waals surface area contributed by atoms with Crippen LogP contribution in [0.2, 0.25) is 0 Å². The Balaban J connectivity index is 1.87. The van der Waals surface area contributed by atoms with Crippen LogP contribution in [-0.2, 0) is 9.53 Å². The Morgan fingerprint density at radius 1 is 1.26 bits per heavy atom. The van der Waals surface area contributed by atoms with Gasteiger partial charge in [0.2, 0.25) is 5.91 Å². The SMILES string of the molecule is COCCN1CCCN(C(=O)C[C@@H](C)c2ccccc2F)CC1. The predicted octanol–water partition coefficient (Wildman–Crippen LogP) is 2.50. The number of halogens is 1. The molecule has 1 saturated heterocycles. The molecule has 5 heteroatoms. The Hall–Kier alpha value is -1.46. The highest BCUT2D eigenvalue weighted by atomic mass is 19.1. The standard InChI is InChI=1S/C18H27FN2O2/c1-15(16-6-3-4-7-17(16)19)14-18(22)21-9-5-8-20(10-11-21)12-13-23-2/h3-4,6-7,15H,5,8-14H2,1-2H3/t15-/m1/s1. The molecule has 0 spiro atoms. The minimum atomic E-state index is -0.227. The van der Waals surface area contributed by atoms with Gasteiger partial charge in [0.1, 0.15) is 5.82 Å². The van der Waals surface area contributed by atoms with E-state index in [4.69, 9.17) is 4.74 Å². The molecule has 1 aliphatic heterocycles. The van der Waals surface area contributed by atoms with Crippen LogP contribution in [0.15, 0.2) is 24.3 Å². The maximum absolute atomic E-state index is 13.8. The monoisotopic (exact) mass is 322 g/mol. The van der Waals surface area contributed by atoms with Gasteiger partial charge in [0, 0.05) is 39.7 Å². The summed E-state index contributed by atoms with van der Waals surface area (Å²) in [7, 11) is 1.71. The lowest BCUT2D eigenvalue weighted by Crippen LogP contribution is -2.36. The molecule has 0 unspecified atom stereocenters. The molecule has 1 aromatic rings. The Morgan fingerprint density at radius 3 is 2.78 bits per heavy atom. The van der Waals surface area contributed by atoms with E-state index in [0.717, 1.165) is 45.8 Å². The molecule has 0 bridgehead atoms.